The van der Waals surface area contributed by atoms with Crippen molar-refractivity contribution in [2.24, 2.45) is 0 Å². The lowest BCUT2D eigenvalue weighted by molar-refractivity contribution is -0.511. The number of rotatable bonds is 0. The fourth-order valence-corrected chi connectivity index (χ4v) is 7.66. The number of benzene rings is 6. The van der Waals surface area contributed by atoms with Crippen LogP contribution in [0.3, 0.4) is 0 Å². The van der Waals surface area contributed by atoms with Crippen LogP contribution in [0.25, 0.3) is 88.3 Å². The summed E-state index contributed by atoms with van der Waals surface area (Å²) in [4.78, 5) is 0. The molecule has 23 rings (SSSR count). The maximum atomic E-state index is 6.24. The van der Waals surface area contributed by atoms with Crippen molar-refractivity contribution < 1.29 is 35.3 Å². The Kier molecular flexibility index (Phi) is 10.0. The average Bonchev–Trinajstić information content (AvgIpc) is 3.35. The molecule has 23 aromatic rings. The number of aromatic nitrogens is 4. The molecule has 0 saturated carbocycles. The fourth-order valence-electron chi connectivity index (χ4n) is 7.66. The molecular weight excluding hydrogens is 793 g/mol. The zero-order chi connectivity index (χ0) is 42.7. The number of hydrogen-bond donors (Lipinski definition) is 0. The van der Waals surface area contributed by atoms with Gasteiger partial charge >= 0.3 is 0 Å². The maximum absolute atomic E-state index is 6.24. The molecule has 0 unspecified atom stereocenters. The van der Waals surface area contributed by atoms with Crippen molar-refractivity contribution in [3.05, 3.63) is 244 Å². The Morgan fingerprint density at radius 3 is 0.609 bits per heavy atom. The van der Waals surface area contributed by atoms with Crippen LogP contribution in [0.15, 0.2) is 261 Å². The Morgan fingerprint density at radius 1 is 0.203 bits per heavy atom. The van der Waals surface area contributed by atoms with Gasteiger partial charge in [-0.2, -0.15) is 17.6 Å². The van der Waals surface area contributed by atoms with Crippen molar-refractivity contribution in [3.8, 4) is 0 Å². The predicted octanol–water partition coefficient (Wildman–Crippen LogP) is 12.1. The van der Waals surface area contributed by atoms with E-state index >= 15 is 0 Å². The van der Waals surface area contributed by atoms with Gasteiger partial charge < -0.3 is 17.7 Å². The number of pyridine rings is 4. The highest BCUT2D eigenvalue weighted by molar-refractivity contribution is 5.80. The molecule has 17 heterocycles. The molecule has 0 amide bonds. The Labute approximate surface area is 365 Å². The van der Waals surface area contributed by atoms with E-state index in [-0.39, 0.29) is 0 Å². The molecule has 0 saturated heterocycles. The van der Waals surface area contributed by atoms with Crippen LogP contribution in [-0.2, 0) is 0 Å². The van der Waals surface area contributed by atoms with Crippen LogP contribution < -0.4 is 17.6 Å². The van der Waals surface area contributed by atoms with E-state index in [0.29, 0.717) is 22.3 Å². The topological polar surface area (TPSA) is 69.0 Å². The monoisotopic (exact) mass is 832 g/mol. The van der Waals surface area contributed by atoms with Crippen molar-refractivity contribution in [2.75, 3.05) is 0 Å². The summed E-state index contributed by atoms with van der Waals surface area (Å²) in [5, 5.41) is 4.49. The van der Waals surface area contributed by atoms with Gasteiger partial charge in [0.2, 0.25) is 22.1 Å². The number of nitrogens with zero attached hydrogens (tertiary/aromatic N) is 4. The Balaban J connectivity index is 1.00. The third kappa shape index (κ3) is 8.39. The molecule has 0 aliphatic rings. The van der Waals surface area contributed by atoms with Crippen LogP contribution in [0, 0.1) is 0 Å². The van der Waals surface area contributed by atoms with Crippen molar-refractivity contribution in [1.82, 2.24) is 0 Å². The molecule has 17 aromatic heterocycles. The molecule has 0 aliphatic heterocycles. The van der Waals surface area contributed by atoms with Crippen LogP contribution in [0.4, 0.5) is 0 Å². The molecule has 0 N–H and O–H groups in total. The van der Waals surface area contributed by atoms with Crippen LogP contribution in [-0.4, -0.2) is 0 Å². The lowest BCUT2D eigenvalue weighted by Gasteiger charge is -1.95. The van der Waals surface area contributed by atoms with Gasteiger partial charge in [0.15, 0.2) is 49.6 Å². The molecule has 0 fully saturated rings. The minimum absolute atomic E-state index is 0.688. The average molecular weight is 833 g/mol. The molecule has 0 aliphatic carbocycles. The quantitative estimate of drug-likeness (QED) is 0.143. The van der Waals surface area contributed by atoms with Gasteiger partial charge in [0.25, 0.3) is 0 Å². The van der Waals surface area contributed by atoms with Crippen molar-refractivity contribution in [1.29, 1.82) is 0 Å². The van der Waals surface area contributed by atoms with Gasteiger partial charge in [-0.1, -0.05) is 12.1 Å². The summed E-state index contributed by atoms with van der Waals surface area (Å²) in [7, 11) is 0. The summed E-state index contributed by atoms with van der Waals surface area (Å²) in [5.74, 6) is 0. The summed E-state index contributed by atoms with van der Waals surface area (Å²) in [5.41, 5.74) is 9.79. The second-order valence-electron chi connectivity index (χ2n) is 15.3. The second-order valence-corrected chi connectivity index (χ2v) is 15.3. The summed E-state index contributed by atoms with van der Waals surface area (Å²) in [6.45, 7) is 0. The minimum atomic E-state index is 0.688. The molecule has 20 bridgehead atoms. The van der Waals surface area contributed by atoms with Gasteiger partial charge in [0, 0.05) is 109 Å². The first-order valence-electron chi connectivity index (χ1n) is 21.0. The van der Waals surface area contributed by atoms with Gasteiger partial charge in [-0.15, -0.1) is 0 Å². The standard InChI is InChI=1S/C56H40N4O4/c1-3-53-39-54(4-1)62-50-17-9-46(10-18-50)58-33-25-42(26-34-58)44-29-37-60(38-30-44)48-13-21-52(22-14-48)64-56-6-2-5-55(40-56)63-51-19-11-47(12-20-51)59-35-27-43(28-36-59)41-23-31-57(32-24-41)45-7-15-49(61-53)16-8-45/h1-40H/q+4. The van der Waals surface area contributed by atoms with E-state index < -0.39 is 0 Å². The molecular formula is C56H40N4O4+4. The first-order valence-corrected chi connectivity index (χ1v) is 21.0. The van der Waals surface area contributed by atoms with E-state index in [1.54, 1.807) is 0 Å². The van der Waals surface area contributed by atoms with Crippen molar-refractivity contribution >= 4 is 88.3 Å². The molecule has 304 valence electrons. The maximum Gasteiger partial charge on any atom is 0.210 e. The predicted molar refractivity (Wildman–Crippen MR) is 250 cm³/mol. The Morgan fingerprint density at radius 2 is 0.406 bits per heavy atom. The van der Waals surface area contributed by atoms with Gasteiger partial charge in [0.1, 0.15) is 44.7 Å². The fraction of sp³-hybridized carbons (Fsp3) is 0. The SMILES string of the molecule is c1cc2cc(c1)oc1ccc(cc1)[n+]1ccc(cc1)c1cc[n+](cc1)c1ccc(cc1)oc1cccc(c1)oc1ccc(cc1)[n+]1ccc(cc1)c1cc[n+](cc1)c1ccc(cc1)o2. The largest absolute Gasteiger partial charge is 0.457 e. The lowest BCUT2D eigenvalue weighted by Crippen LogP contribution is -2.19. The van der Waals surface area contributed by atoms with Gasteiger partial charge in [-0.3, -0.25) is 0 Å². The Hall–Kier alpha value is -8.88. The molecule has 0 atom stereocenters. The van der Waals surface area contributed by atoms with Crippen LogP contribution in [0.2, 0.25) is 0 Å². The van der Waals surface area contributed by atoms with Crippen LogP contribution in [0.5, 0.6) is 0 Å². The van der Waals surface area contributed by atoms with E-state index in [2.05, 4.69) is 116 Å². The molecule has 0 radical (unpaired) electrons. The third-order valence-corrected chi connectivity index (χ3v) is 11.1. The Bertz CT molecular complexity index is 3340. The molecule has 64 heavy (non-hydrogen) atoms. The van der Waals surface area contributed by atoms with Gasteiger partial charge in [0.05, 0.1) is 0 Å². The van der Waals surface area contributed by atoms with Crippen LogP contribution >= 0.6 is 0 Å². The zero-order valence-electron chi connectivity index (χ0n) is 34.5. The summed E-state index contributed by atoms with van der Waals surface area (Å²) in [6, 6.07) is 64.5. The van der Waals surface area contributed by atoms with Gasteiger partial charge in [-0.25, -0.2) is 0 Å². The zero-order valence-corrected chi connectivity index (χ0v) is 34.5. The lowest BCUT2D eigenvalue weighted by atomic mass is 10.2. The minimum Gasteiger partial charge on any atom is -0.457 e. The van der Waals surface area contributed by atoms with Crippen molar-refractivity contribution in [2.45, 2.75) is 0 Å². The molecule has 8 heteroatoms. The summed E-state index contributed by atoms with van der Waals surface area (Å²) >= 11 is 0. The highest BCUT2D eigenvalue weighted by atomic mass is 16.3. The second kappa shape index (κ2) is 16.9. The highest BCUT2D eigenvalue weighted by Crippen LogP contribution is 2.16. The highest BCUT2D eigenvalue weighted by Gasteiger charge is 2.04. The molecule has 0 spiro atoms. The molecule has 8 nitrogen and oxygen atoms in total. The van der Waals surface area contributed by atoms with Crippen molar-refractivity contribution in [3.63, 3.8) is 0 Å². The van der Waals surface area contributed by atoms with E-state index in [1.807, 2.05) is 146 Å². The normalized spacial score (nSPS) is 11.1. The third-order valence-electron chi connectivity index (χ3n) is 11.1. The van der Waals surface area contributed by atoms with E-state index in [9.17, 15) is 0 Å². The van der Waals surface area contributed by atoms with E-state index in [1.165, 1.54) is 0 Å². The van der Waals surface area contributed by atoms with Gasteiger partial charge in [-0.05, 0) is 94.3 Å². The van der Waals surface area contributed by atoms with E-state index in [4.69, 9.17) is 17.7 Å². The molecule has 6 aromatic carbocycles. The summed E-state index contributed by atoms with van der Waals surface area (Å²) < 4.78 is 33.3. The summed E-state index contributed by atoms with van der Waals surface area (Å²) in [6.07, 6.45) is 16.6. The van der Waals surface area contributed by atoms with E-state index in [0.717, 1.165) is 65.9 Å². The smallest absolute Gasteiger partial charge is 0.210 e. The first kappa shape index (κ1) is 38.1. The first-order chi connectivity index (χ1) is 31.6. The van der Waals surface area contributed by atoms with Crippen LogP contribution in [0.1, 0.15) is 0 Å². The number of hydrogen-bond acceptors (Lipinski definition) is 4.